The monoisotopic (exact) mass is 203 g/mol. The highest BCUT2D eigenvalue weighted by molar-refractivity contribution is 7.97. The van der Waals surface area contributed by atoms with Gasteiger partial charge in [0.1, 0.15) is 0 Å². The summed E-state index contributed by atoms with van der Waals surface area (Å²) in [5.41, 5.74) is 5.82. The summed E-state index contributed by atoms with van der Waals surface area (Å²) in [6.45, 7) is 7.99. The summed E-state index contributed by atoms with van der Waals surface area (Å²) in [7, 11) is 0. The van der Waals surface area contributed by atoms with E-state index < -0.39 is 0 Å². The maximum atomic E-state index is 5.73. The second-order valence-electron chi connectivity index (χ2n) is 2.82. The van der Waals surface area contributed by atoms with Crippen molar-refractivity contribution in [3.05, 3.63) is 12.7 Å². The minimum Gasteiger partial charge on any atom is -0.353 e. The quantitative estimate of drug-likeness (QED) is 0.498. The van der Waals surface area contributed by atoms with Gasteiger partial charge in [0, 0.05) is 19.2 Å². The van der Waals surface area contributed by atoms with Crippen molar-refractivity contribution in [1.82, 2.24) is 9.62 Å². The van der Waals surface area contributed by atoms with E-state index in [1.54, 1.807) is 18.0 Å². The van der Waals surface area contributed by atoms with E-state index in [-0.39, 0.29) is 11.6 Å². The molecule has 2 atom stereocenters. The Bertz CT molecular complexity index is 167. The summed E-state index contributed by atoms with van der Waals surface area (Å²) < 4.78 is 7.54. The lowest BCUT2D eigenvalue weighted by atomic mass is 10.3. The van der Waals surface area contributed by atoms with Gasteiger partial charge >= 0.3 is 0 Å². The Morgan fingerprint density at radius 3 is 3.31 bits per heavy atom. The van der Waals surface area contributed by atoms with Crippen molar-refractivity contribution in [2.45, 2.75) is 18.5 Å². The molecule has 76 valence electrons. The Morgan fingerprint density at radius 2 is 2.69 bits per heavy atom. The standard InChI is InChI=1S/C8H17N3OS/c1-3-7(9)5-11-6-10-8(13-11)12-4-2/h3,7-8,10H,1,4-6,9H2,2H3. The van der Waals surface area contributed by atoms with Gasteiger partial charge < -0.3 is 10.5 Å². The maximum absolute atomic E-state index is 5.73. The Balaban J connectivity index is 2.20. The lowest BCUT2D eigenvalue weighted by Crippen LogP contribution is -2.32. The van der Waals surface area contributed by atoms with E-state index in [2.05, 4.69) is 16.2 Å². The number of hydrogen-bond donors (Lipinski definition) is 2. The summed E-state index contributed by atoms with van der Waals surface area (Å²) in [4.78, 5) is 0. The second kappa shape index (κ2) is 5.62. The van der Waals surface area contributed by atoms with Crippen LogP contribution in [-0.2, 0) is 4.74 Å². The summed E-state index contributed by atoms with van der Waals surface area (Å²) in [5, 5.41) is 3.21. The van der Waals surface area contributed by atoms with Crippen molar-refractivity contribution in [2.24, 2.45) is 5.73 Å². The molecule has 5 heteroatoms. The Morgan fingerprint density at radius 1 is 1.92 bits per heavy atom. The molecule has 0 bridgehead atoms. The fraction of sp³-hybridized carbons (Fsp3) is 0.750. The molecule has 0 aliphatic carbocycles. The van der Waals surface area contributed by atoms with Gasteiger partial charge in [-0.3, -0.25) is 5.32 Å². The van der Waals surface area contributed by atoms with E-state index >= 15 is 0 Å². The van der Waals surface area contributed by atoms with Crippen molar-refractivity contribution in [1.29, 1.82) is 0 Å². The van der Waals surface area contributed by atoms with Gasteiger partial charge in [0.25, 0.3) is 0 Å². The van der Waals surface area contributed by atoms with Crippen LogP contribution in [0.15, 0.2) is 12.7 Å². The molecule has 1 fully saturated rings. The largest absolute Gasteiger partial charge is 0.353 e. The van der Waals surface area contributed by atoms with Crippen molar-refractivity contribution in [3.63, 3.8) is 0 Å². The first-order valence-electron chi connectivity index (χ1n) is 4.41. The van der Waals surface area contributed by atoms with Gasteiger partial charge in [-0.25, -0.2) is 4.31 Å². The maximum Gasteiger partial charge on any atom is 0.171 e. The molecule has 0 aromatic rings. The first-order valence-corrected chi connectivity index (χ1v) is 5.24. The molecule has 0 saturated carbocycles. The van der Waals surface area contributed by atoms with Crippen LogP contribution >= 0.6 is 11.9 Å². The molecule has 1 heterocycles. The SMILES string of the molecule is C=CC(N)CN1CNC(OCC)S1. The summed E-state index contributed by atoms with van der Waals surface area (Å²) >= 11 is 1.65. The van der Waals surface area contributed by atoms with Crippen molar-refractivity contribution >= 4 is 11.9 Å². The molecular weight excluding hydrogens is 186 g/mol. The second-order valence-corrected chi connectivity index (χ2v) is 3.97. The third kappa shape index (κ3) is 3.66. The van der Waals surface area contributed by atoms with Crippen molar-refractivity contribution < 1.29 is 4.74 Å². The molecule has 1 rings (SSSR count). The number of nitrogens with zero attached hydrogens (tertiary/aromatic N) is 1. The van der Waals surface area contributed by atoms with Crippen LogP contribution in [0.5, 0.6) is 0 Å². The van der Waals surface area contributed by atoms with Crippen molar-refractivity contribution in [2.75, 3.05) is 19.8 Å². The summed E-state index contributed by atoms with van der Waals surface area (Å²) in [5.74, 6) is 0. The molecule has 1 aliphatic rings. The minimum absolute atomic E-state index is 0.0367. The van der Waals surface area contributed by atoms with E-state index in [0.717, 1.165) is 19.8 Å². The normalized spacial score (nSPS) is 26.2. The summed E-state index contributed by atoms with van der Waals surface area (Å²) in [6.07, 6.45) is 1.76. The Kier molecular flexibility index (Phi) is 4.76. The van der Waals surface area contributed by atoms with E-state index in [4.69, 9.17) is 10.5 Å². The number of ether oxygens (including phenoxy) is 1. The third-order valence-electron chi connectivity index (χ3n) is 1.71. The molecular formula is C8H17N3OS. The zero-order valence-corrected chi connectivity index (χ0v) is 8.72. The van der Waals surface area contributed by atoms with Gasteiger partial charge in [-0.15, -0.1) is 6.58 Å². The molecule has 0 radical (unpaired) electrons. The highest BCUT2D eigenvalue weighted by Gasteiger charge is 2.23. The molecule has 3 N–H and O–H groups in total. The van der Waals surface area contributed by atoms with Gasteiger partial charge in [0.05, 0.1) is 6.67 Å². The predicted octanol–water partition coefficient (Wildman–Crippen LogP) is 0.331. The molecule has 0 spiro atoms. The van der Waals surface area contributed by atoms with Crippen LogP contribution < -0.4 is 11.1 Å². The molecule has 2 unspecified atom stereocenters. The lowest BCUT2D eigenvalue weighted by molar-refractivity contribution is 0.107. The molecule has 0 aromatic carbocycles. The third-order valence-corrected chi connectivity index (χ3v) is 2.78. The van der Waals surface area contributed by atoms with Gasteiger partial charge in [-0.05, 0) is 18.9 Å². The molecule has 0 amide bonds. The van der Waals surface area contributed by atoms with Gasteiger partial charge in [0.15, 0.2) is 5.56 Å². The Labute approximate surface area is 83.6 Å². The van der Waals surface area contributed by atoms with Crippen LogP contribution in [0.25, 0.3) is 0 Å². The minimum atomic E-state index is 0.0367. The van der Waals surface area contributed by atoms with E-state index in [9.17, 15) is 0 Å². The summed E-state index contributed by atoms with van der Waals surface area (Å²) in [6, 6.07) is 0.0367. The topological polar surface area (TPSA) is 50.5 Å². The van der Waals surface area contributed by atoms with Gasteiger partial charge in [-0.2, -0.15) is 0 Å². The average Bonchev–Trinajstić information content (AvgIpc) is 2.53. The first-order chi connectivity index (χ1) is 6.26. The molecule has 13 heavy (non-hydrogen) atoms. The van der Waals surface area contributed by atoms with Crippen LogP contribution in [0.2, 0.25) is 0 Å². The zero-order valence-electron chi connectivity index (χ0n) is 7.90. The molecule has 4 nitrogen and oxygen atoms in total. The van der Waals surface area contributed by atoms with Crippen molar-refractivity contribution in [3.8, 4) is 0 Å². The van der Waals surface area contributed by atoms with E-state index in [1.807, 2.05) is 6.92 Å². The van der Waals surface area contributed by atoms with Crippen LogP contribution in [-0.4, -0.2) is 35.7 Å². The molecule has 1 saturated heterocycles. The lowest BCUT2D eigenvalue weighted by Gasteiger charge is -2.15. The zero-order chi connectivity index (χ0) is 9.68. The predicted molar refractivity (Wildman–Crippen MR) is 55.9 cm³/mol. The smallest absolute Gasteiger partial charge is 0.171 e. The first kappa shape index (κ1) is 11.0. The van der Waals surface area contributed by atoms with Gasteiger partial charge in [-0.1, -0.05) is 6.08 Å². The van der Waals surface area contributed by atoms with E-state index in [0.29, 0.717) is 0 Å². The van der Waals surface area contributed by atoms with Crippen LogP contribution in [0, 0.1) is 0 Å². The number of nitrogens with one attached hydrogen (secondary N) is 1. The molecule has 1 aliphatic heterocycles. The van der Waals surface area contributed by atoms with Gasteiger partial charge in [0.2, 0.25) is 0 Å². The van der Waals surface area contributed by atoms with Crippen LogP contribution in [0.4, 0.5) is 0 Å². The number of nitrogens with two attached hydrogens (primary N) is 1. The van der Waals surface area contributed by atoms with E-state index in [1.165, 1.54) is 0 Å². The Hall–Kier alpha value is -0.0700. The number of rotatable bonds is 5. The average molecular weight is 203 g/mol. The molecule has 0 aromatic heterocycles. The highest BCUT2D eigenvalue weighted by atomic mass is 32.2. The fourth-order valence-corrected chi connectivity index (χ4v) is 2.07. The number of hydrogen-bond acceptors (Lipinski definition) is 5. The van der Waals surface area contributed by atoms with Crippen LogP contribution in [0.1, 0.15) is 6.92 Å². The van der Waals surface area contributed by atoms with Crippen LogP contribution in [0.3, 0.4) is 0 Å². The fourth-order valence-electron chi connectivity index (χ4n) is 1.04. The highest BCUT2D eigenvalue weighted by Crippen LogP contribution is 2.21.